The van der Waals surface area contributed by atoms with Crippen molar-refractivity contribution < 1.29 is 14.5 Å². The molecule has 0 radical (unpaired) electrons. The maximum absolute atomic E-state index is 12.5. The highest BCUT2D eigenvalue weighted by molar-refractivity contribution is 8.18. The van der Waals surface area contributed by atoms with Crippen molar-refractivity contribution in [3.05, 3.63) is 78.7 Å². The molecule has 2 aromatic rings. The third-order valence-corrected chi connectivity index (χ3v) is 5.20. The van der Waals surface area contributed by atoms with Gasteiger partial charge in [-0.1, -0.05) is 41.4 Å². The quantitative estimate of drug-likeness (QED) is 0.397. The van der Waals surface area contributed by atoms with Crippen molar-refractivity contribution in [2.75, 3.05) is 0 Å². The summed E-state index contributed by atoms with van der Waals surface area (Å²) >= 11 is 13.0. The summed E-state index contributed by atoms with van der Waals surface area (Å²) < 4.78 is 0. The SMILES string of the molecule is O=C1S/C(=C/c2c(Cl)cccc2Cl)C(=O)N1Cc1ccc([N+](=O)[O-])cc1. The predicted molar refractivity (Wildman–Crippen MR) is 101 cm³/mol. The summed E-state index contributed by atoms with van der Waals surface area (Å²) in [6, 6.07) is 10.6. The fourth-order valence-electron chi connectivity index (χ4n) is 2.32. The van der Waals surface area contributed by atoms with E-state index in [-0.39, 0.29) is 17.1 Å². The number of benzene rings is 2. The summed E-state index contributed by atoms with van der Waals surface area (Å²) in [5, 5.41) is 11.0. The highest BCUT2D eigenvalue weighted by Gasteiger charge is 2.35. The molecule has 26 heavy (non-hydrogen) atoms. The van der Waals surface area contributed by atoms with Crippen LogP contribution in [0.25, 0.3) is 6.08 Å². The number of halogens is 2. The van der Waals surface area contributed by atoms with Gasteiger partial charge in [-0.15, -0.1) is 0 Å². The van der Waals surface area contributed by atoms with E-state index in [1.54, 1.807) is 18.2 Å². The zero-order valence-corrected chi connectivity index (χ0v) is 15.3. The second-order valence-corrected chi connectivity index (χ2v) is 7.13. The third-order valence-electron chi connectivity index (χ3n) is 3.64. The number of imide groups is 1. The van der Waals surface area contributed by atoms with Crippen LogP contribution in [0.5, 0.6) is 0 Å². The number of carbonyl (C=O) groups excluding carboxylic acids is 2. The number of hydrogen-bond acceptors (Lipinski definition) is 5. The summed E-state index contributed by atoms with van der Waals surface area (Å²) in [5.41, 5.74) is 1.02. The van der Waals surface area contributed by atoms with E-state index in [0.29, 0.717) is 21.2 Å². The Morgan fingerprint density at radius 3 is 2.27 bits per heavy atom. The van der Waals surface area contributed by atoms with Gasteiger partial charge in [-0.05, 0) is 35.5 Å². The molecule has 1 saturated heterocycles. The first-order valence-electron chi connectivity index (χ1n) is 7.29. The van der Waals surface area contributed by atoms with Gasteiger partial charge in [-0.3, -0.25) is 24.6 Å². The van der Waals surface area contributed by atoms with Gasteiger partial charge in [0.15, 0.2) is 0 Å². The van der Waals surface area contributed by atoms with E-state index in [9.17, 15) is 19.7 Å². The number of non-ortho nitro benzene ring substituents is 1. The monoisotopic (exact) mass is 408 g/mol. The number of carbonyl (C=O) groups is 2. The standard InChI is InChI=1S/C17H10Cl2N2O4S/c18-13-2-1-3-14(19)12(13)8-15-16(22)20(17(23)26-15)9-10-4-6-11(7-5-10)21(24)25/h1-8H,9H2/b15-8+. The molecule has 0 bridgehead atoms. The van der Waals surface area contributed by atoms with Crippen molar-refractivity contribution in [2.24, 2.45) is 0 Å². The average molecular weight is 409 g/mol. The average Bonchev–Trinajstić information content (AvgIpc) is 2.86. The third kappa shape index (κ3) is 3.75. The van der Waals surface area contributed by atoms with E-state index in [1.807, 2.05) is 0 Å². The smallest absolute Gasteiger partial charge is 0.268 e. The van der Waals surface area contributed by atoms with Crippen molar-refractivity contribution in [1.29, 1.82) is 0 Å². The maximum Gasteiger partial charge on any atom is 0.293 e. The van der Waals surface area contributed by atoms with Crippen LogP contribution in [0.2, 0.25) is 10.0 Å². The number of nitrogens with zero attached hydrogens (tertiary/aromatic N) is 2. The Bertz CT molecular complexity index is 924. The molecule has 0 unspecified atom stereocenters. The lowest BCUT2D eigenvalue weighted by atomic mass is 10.2. The molecule has 0 spiro atoms. The Labute approximate surface area is 162 Å². The van der Waals surface area contributed by atoms with Crippen LogP contribution in [0.15, 0.2) is 47.4 Å². The zero-order valence-electron chi connectivity index (χ0n) is 13.0. The van der Waals surface area contributed by atoms with Crippen LogP contribution in [-0.2, 0) is 11.3 Å². The second-order valence-electron chi connectivity index (χ2n) is 5.33. The molecule has 1 heterocycles. The number of hydrogen-bond donors (Lipinski definition) is 0. The topological polar surface area (TPSA) is 80.5 Å². The molecule has 9 heteroatoms. The first-order valence-corrected chi connectivity index (χ1v) is 8.87. The first-order chi connectivity index (χ1) is 12.4. The molecule has 0 N–H and O–H groups in total. The van der Waals surface area contributed by atoms with Crippen LogP contribution < -0.4 is 0 Å². The summed E-state index contributed by atoms with van der Waals surface area (Å²) in [6.07, 6.45) is 1.49. The minimum Gasteiger partial charge on any atom is -0.268 e. The molecular formula is C17H10Cl2N2O4S. The lowest BCUT2D eigenvalue weighted by molar-refractivity contribution is -0.384. The molecule has 0 aliphatic carbocycles. The number of rotatable bonds is 4. The Kier molecular flexibility index (Phi) is 5.31. The Morgan fingerprint density at radius 2 is 1.69 bits per heavy atom. The number of thioether (sulfide) groups is 1. The van der Waals surface area contributed by atoms with Crippen LogP contribution in [-0.4, -0.2) is 21.0 Å². The fraction of sp³-hybridized carbons (Fsp3) is 0.0588. The minimum absolute atomic E-state index is 0.0241. The van der Waals surface area contributed by atoms with E-state index in [4.69, 9.17) is 23.2 Å². The Morgan fingerprint density at radius 1 is 1.08 bits per heavy atom. The maximum atomic E-state index is 12.5. The van der Waals surface area contributed by atoms with Gasteiger partial charge < -0.3 is 0 Å². The molecule has 2 aromatic carbocycles. The minimum atomic E-state index is -0.514. The highest BCUT2D eigenvalue weighted by atomic mass is 35.5. The van der Waals surface area contributed by atoms with E-state index in [0.717, 1.165) is 16.7 Å². The molecule has 0 saturated carbocycles. The largest absolute Gasteiger partial charge is 0.293 e. The van der Waals surface area contributed by atoms with E-state index in [1.165, 1.54) is 30.3 Å². The predicted octanol–water partition coefficient (Wildman–Crippen LogP) is 5.14. The van der Waals surface area contributed by atoms with Gasteiger partial charge in [0.1, 0.15) is 0 Å². The molecule has 1 aliphatic heterocycles. The van der Waals surface area contributed by atoms with Crippen LogP contribution in [0.1, 0.15) is 11.1 Å². The van der Waals surface area contributed by atoms with Crippen molar-refractivity contribution in [3.63, 3.8) is 0 Å². The van der Waals surface area contributed by atoms with Gasteiger partial charge in [-0.2, -0.15) is 0 Å². The number of amides is 2. The van der Waals surface area contributed by atoms with E-state index < -0.39 is 16.1 Å². The molecule has 3 rings (SSSR count). The lowest BCUT2D eigenvalue weighted by Crippen LogP contribution is -2.27. The van der Waals surface area contributed by atoms with Gasteiger partial charge in [0.05, 0.1) is 16.4 Å². The molecule has 6 nitrogen and oxygen atoms in total. The van der Waals surface area contributed by atoms with Crippen molar-refractivity contribution in [3.8, 4) is 0 Å². The molecule has 1 aliphatic rings. The highest BCUT2D eigenvalue weighted by Crippen LogP contribution is 2.36. The summed E-state index contributed by atoms with van der Waals surface area (Å²) in [5.74, 6) is -0.464. The van der Waals surface area contributed by atoms with Crippen LogP contribution in [0.4, 0.5) is 10.5 Å². The normalized spacial score (nSPS) is 15.8. The number of nitro benzene ring substituents is 1. The molecule has 0 aromatic heterocycles. The Balaban J connectivity index is 1.83. The molecule has 1 fully saturated rings. The summed E-state index contributed by atoms with van der Waals surface area (Å²) in [7, 11) is 0. The molecule has 2 amide bonds. The van der Waals surface area contributed by atoms with Gasteiger partial charge in [0.2, 0.25) is 0 Å². The second kappa shape index (κ2) is 7.49. The van der Waals surface area contributed by atoms with Crippen LogP contribution >= 0.6 is 35.0 Å². The van der Waals surface area contributed by atoms with Gasteiger partial charge in [0.25, 0.3) is 16.8 Å². The van der Waals surface area contributed by atoms with E-state index in [2.05, 4.69) is 0 Å². The van der Waals surface area contributed by atoms with Crippen molar-refractivity contribution in [2.45, 2.75) is 6.54 Å². The molecular weight excluding hydrogens is 399 g/mol. The van der Waals surface area contributed by atoms with Crippen LogP contribution in [0.3, 0.4) is 0 Å². The summed E-state index contributed by atoms with van der Waals surface area (Å²) in [4.78, 5) is 36.2. The number of nitro groups is 1. The van der Waals surface area contributed by atoms with Gasteiger partial charge in [-0.25, -0.2) is 0 Å². The molecule has 132 valence electrons. The fourth-order valence-corrected chi connectivity index (χ4v) is 3.65. The zero-order chi connectivity index (χ0) is 18.8. The lowest BCUT2D eigenvalue weighted by Gasteiger charge is -2.12. The summed E-state index contributed by atoms with van der Waals surface area (Å²) in [6.45, 7) is 0.0241. The van der Waals surface area contributed by atoms with Crippen LogP contribution in [0, 0.1) is 10.1 Å². The van der Waals surface area contributed by atoms with Crippen molar-refractivity contribution >= 4 is 57.9 Å². The van der Waals surface area contributed by atoms with Gasteiger partial charge in [0, 0.05) is 27.7 Å². The molecule has 0 atom stereocenters. The van der Waals surface area contributed by atoms with Crippen molar-refractivity contribution in [1.82, 2.24) is 4.90 Å². The van der Waals surface area contributed by atoms with E-state index >= 15 is 0 Å². The Hall–Kier alpha value is -2.35. The van der Waals surface area contributed by atoms with Gasteiger partial charge >= 0.3 is 0 Å². The first kappa shape index (κ1) is 18.4.